The van der Waals surface area contributed by atoms with Crippen LogP contribution in [0.25, 0.3) is 0 Å². The molecular weight excluding hydrogens is 309 g/mol. The molecule has 1 atom stereocenters. The van der Waals surface area contributed by atoms with Crippen LogP contribution in [0.5, 0.6) is 5.75 Å². The van der Waals surface area contributed by atoms with Crippen LogP contribution in [0.2, 0.25) is 10.0 Å². The third-order valence-electron chi connectivity index (χ3n) is 3.10. The largest absolute Gasteiger partial charge is 0.491 e. The molecule has 0 spiro atoms. The summed E-state index contributed by atoms with van der Waals surface area (Å²) in [4.78, 5) is 0. The maximum atomic E-state index is 6.33. The van der Waals surface area contributed by atoms with Gasteiger partial charge in [-0.25, -0.2) is 0 Å². The smallest absolute Gasteiger partial charge is 0.124 e. The average molecular weight is 326 g/mol. The Morgan fingerprint density at radius 1 is 1.05 bits per heavy atom. The molecule has 0 bridgehead atoms. The Kier molecular flexibility index (Phi) is 5.88. The zero-order chi connectivity index (χ0) is 15.2. The highest BCUT2D eigenvalue weighted by molar-refractivity contribution is 6.35. The molecule has 0 heterocycles. The van der Waals surface area contributed by atoms with Crippen molar-refractivity contribution in [2.24, 2.45) is 5.73 Å². The molecule has 0 saturated carbocycles. The lowest BCUT2D eigenvalue weighted by molar-refractivity contribution is 0.145. The second kappa shape index (κ2) is 7.66. The number of rotatable bonds is 6. The number of halogens is 2. The molecule has 0 aromatic heterocycles. The SMILES string of the molecule is COCCOc1ccccc1C(N)c1ccc(Cl)cc1Cl. The van der Waals surface area contributed by atoms with Crippen LogP contribution in [0, 0.1) is 0 Å². The van der Waals surface area contributed by atoms with E-state index in [1.165, 1.54) is 0 Å². The first-order chi connectivity index (χ1) is 10.1. The summed E-state index contributed by atoms with van der Waals surface area (Å²) in [5.41, 5.74) is 8.02. The van der Waals surface area contributed by atoms with Gasteiger partial charge in [-0.05, 0) is 23.8 Å². The van der Waals surface area contributed by atoms with Gasteiger partial charge >= 0.3 is 0 Å². The predicted octanol–water partition coefficient (Wildman–Crippen LogP) is 4.07. The van der Waals surface area contributed by atoms with Gasteiger partial charge in [-0.2, -0.15) is 0 Å². The summed E-state index contributed by atoms with van der Waals surface area (Å²) in [6.07, 6.45) is 0. The number of methoxy groups -OCH3 is 1. The van der Waals surface area contributed by atoms with E-state index in [0.717, 1.165) is 16.9 Å². The van der Waals surface area contributed by atoms with Gasteiger partial charge in [0.15, 0.2) is 0 Å². The Hall–Kier alpha value is -1.26. The number of nitrogens with two attached hydrogens (primary N) is 1. The molecule has 2 aromatic carbocycles. The van der Waals surface area contributed by atoms with Crippen LogP contribution >= 0.6 is 23.2 Å². The predicted molar refractivity (Wildman–Crippen MR) is 86.3 cm³/mol. The Morgan fingerprint density at radius 2 is 1.81 bits per heavy atom. The molecule has 112 valence electrons. The van der Waals surface area contributed by atoms with Gasteiger partial charge in [0.2, 0.25) is 0 Å². The third kappa shape index (κ3) is 4.11. The fourth-order valence-corrected chi connectivity index (χ4v) is 2.55. The van der Waals surface area contributed by atoms with Gasteiger partial charge in [-0.3, -0.25) is 0 Å². The van der Waals surface area contributed by atoms with Crippen molar-refractivity contribution in [2.75, 3.05) is 20.3 Å². The van der Waals surface area contributed by atoms with Crippen molar-refractivity contribution in [3.8, 4) is 5.75 Å². The van der Waals surface area contributed by atoms with Crippen LogP contribution in [0.3, 0.4) is 0 Å². The molecule has 0 aliphatic carbocycles. The van der Waals surface area contributed by atoms with E-state index in [2.05, 4.69) is 0 Å². The van der Waals surface area contributed by atoms with Crippen LogP contribution in [-0.4, -0.2) is 20.3 Å². The zero-order valence-corrected chi connectivity index (χ0v) is 13.2. The molecule has 5 heteroatoms. The Balaban J connectivity index is 2.27. The fraction of sp³-hybridized carbons (Fsp3) is 0.250. The lowest BCUT2D eigenvalue weighted by Gasteiger charge is -2.18. The molecular formula is C16H17Cl2NO2. The van der Waals surface area contributed by atoms with Crippen molar-refractivity contribution < 1.29 is 9.47 Å². The minimum Gasteiger partial charge on any atom is -0.491 e. The summed E-state index contributed by atoms with van der Waals surface area (Å²) in [7, 11) is 1.63. The van der Waals surface area contributed by atoms with Crippen LogP contribution in [0.4, 0.5) is 0 Å². The van der Waals surface area contributed by atoms with Crippen LogP contribution in [-0.2, 0) is 4.74 Å². The van der Waals surface area contributed by atoms with Crippen molar-refractivity contribution in [2.45, 2.75) is 6.04 Å². The van der Waals surface area contributed by atoms with E-state index in [9.17, 15) is 0 Å². The molecule has 2 aromatic rings. The van der Waals surface area contributed by atoms with Gasteiger partial charge in [0.25, 0.3) is 0 Å². The van der Waals surface area contributed by atoms with Gasteiger partial charge in [-0.1, -0.05) is 47.5 Å². The summed E-state index contributed by atoms with van der Waals surface area (Å²) < 4.78 is 10.7. The maximum absolute atomic E-state index is 6.33. The maximum Gasteiger partial charge on any atom is 0.124 e. The monoisotopic (exact) mass is 325 g/mol. The summed E-state index contributed by atoms with van der Waals surface area (Å²) in [6.45, 7) is 0.986. The molecule has 1 unspecified atom stereocenters. The molecule has 21 heavy (non-hydrogen) atoms. The van der Waals surface area contributed by atoms with E-state index in [1.54, 1.807) is 19.2 Å². The van der Waals surface area contributed by atoms with Crippen molar-refractivity contribution in [3.63, 3.8) is 0 Å². The number of hydrogen-bond acceptors (Lipinski definition) is 3. The van der Waals surface area contributed by atoms with Crippen LogP contribution < -0.4 is 10.5 Å². The standard InChI is InChI=1S/C16H17Cl2NO2/c1-20-8-9-21-15-5-3-2-4-13(15)16(19)12-7-6-11(17)10-14(12)18/h2-7,10,16H,8-9,19H2,1H3. The first-order valence-electron chi connectivity index (χ1n) is 6.54. The molecule has 0 aliphatic heterocycles. The molecule has 2 rings (SSSR count). The second-order valence-electron chi connectivity index (χ2n) is 4.52. The van der Waals surface area contributed by atoms with E-state index in [1.807, 2.05) is 30.3 Å². The first-order valence-corrected chi connectivity index (χ1v) is 7.30. The van der Waals surface area contributed by atoms with Gasteiger partial charge in [0.1, 0.15) is 12.4 Å². The Labute approximate surface area is 134 Å². The minimum absolute atomic E-state index is 0.381. The summed E-state index contributed by atoms with van der Waals surface area (Å²) in [6, 6.07) is 12.6. The van der Waals surface area contributed by atoms with E-state index in [-0.39, 0.29) is 6.04 Å². The first kappa shape index (κ1) is 16.1. The van der Waals surface area contributed by atoms with Gasteiger partial charge in [0, 0.05) is 22.7 Å². The number of hydrogen-bond donors (Lipinski definition) is 1. The minimum atomic E-state index is -0.381. The van der Waals surface area contributed by atoms with E-state index in [4.69, 9.17) is 38.4 Å². The van der Waals surface area contributed by atoms with Crippen LogP contribution in [0.15, 0.2) is 42.5 Å². The summed E-state index contributed by atoms with van der Waals surface area (Å²) in [5.74, 6) is 0.730. The zero-order valence-electron chi connectivity index (χ0n) is 11.7. The number of benzene rings is 2. The Morgan fingerprint density at radius 3 is 2.52 bits per heavy atom. The molecule has 0 saturated heterocycles. The van der Waals surface area contributed by atoms with Crippen molar-refractivity contribution >= 4 is 23.2 Å². The number of ether oxygens (including phenoxy) is 2. The van der Waals surface area contributed by atoms with E-state index >= 15 is 0 Å². The van der Waals surface area contributed by atoms with E-state index < -0.39 is 0 Å². The second-order valence-corrected chi connectivity index (χ2v) is 5.37. The van der Waals surface area contributed by atoms with Gasteiger partial charge in [-0.15, -0.1) is 0 Å². The summed E-state index contributed by atoms with van der Waals surface area (Å²) in [5, 5.41) is 1.13. The van der Waals surface area contributed by atoms with Crippen molar-refractivity contribution in [1.82, 2.24) is 0 Å². The fourth-order valence-electron chi connectivity index (χ4n) is 2.03. The van der Waals surface area contributed by atoms with Crippen LogP contribution in [0.1, 0.15) is 17.2 Å². The number of para-hydroxylation sites is 1. The van der Waals surface area contributed by atoms with Crippen molar-refractivity contribution in [3.05, 3.63) is 63.6 Å². The highest BCUT2D eigenvalue weighted by Crippen LogP contribution is 2.33. The normalized spacial score (nSPS) is 12.2. The lowest BCUT2D eigenvalue weighted by atomic mass is 9.99. The molecule has 3 nitrogen and oxygen atoms in total. The topological polar surface area (TPSA) is 44.5 Å². The van der Waals surface area contributed by atoms with Gasteiger partial charge in [0.05, 0.1) is 12.6 Å². The molecule has 2 N–H and O–H groups in total. The molecule has 0 amide bonds. The Bertz CT molecular complexity index is 605. The highest BCUT2D eigenvalue weighted by atomic mass is 35.5. The summed E-state index contributed by atoms with van der Waals surface area (Å²) >= 11 is 12.1. The van der Waals surface area contributed by atoms with Gasteiger partial charge < -0.3 is 15.2 Å². The lowest BCUT2D eigenvalue weighted by Crippen LogP contribution is -2.15. The average Bonchev–Trinajstić information content (AvgIpc) is 2.47. The van der Waals surface area contributed by atoms with Crippen molar-refractivity contribution in [1.29, 1.82) is 0 Å². The molecule has 0 aliphatic rings. The third-order valence-corrected chi connectivity index (χ3v) is 3.66. The molecule has 0 fully saturated rings. The quantitative estimate of drug-likeness (QED) is 0.814. The van der Waals surface area contributed by atoms with E-state index in [0.29, 0.717) is 23.3 Å². The molecule has 0 radical (unpaired) electrons. The highest BCUT2D eigenvalue weighted by Gasteiger charge is 2.16.